The van der Waals surface area contributed by atoms with Crippen molar-refractivity contribution in [1.82, 2.24) is 25.1 Å². The molecule has 2 aromatic heterocycles. The van der Waals surface area contributed by atoms with E-state index in [2.05, 4.69) is 15.5 Å². The van der Waals surface area contributed by atoms with E-state index in [4.69, 9.17) is 11.6 Å². The molecule has 0 fully saturated rings. The molecule has 0 saturated carbocycles. The van der Waals surface area contributed by atoms with Crippen molar-refractivity contribution < 1.29 is 4.79 Å². The van der Waals surface area contributed by atoms with Gasteiger partial charge < -0.3 is 4.90 Å². The number of halogens is 1. The second-order valence-corrected chi connectivity index (χ2v) is 7.20. The summed E-state index contributed by atoms with van der Waals surface area (Å²) in [4.78, 5) is 15.6. The summed E-state index contributed by atoms with van der Waals surface area (Å²) in [5.41, 5.74) is 1.05. The van der Waals surface area contributed by atoms with Crippen molar-refractivity contribution in [2.75, 3.05) is 7.05 Å². The number of benzene rings is 1. The summed E-state index contributed by atoms with van der Waals surface area (Å²) in [6.45, 7) is 0.504. The number of amides is 1. The van der Waals surface area contributed by atoms with Gasteiger partial charge in [0.25, 0.3) is 0 Å². The van der Waals surface area contributed by atoms with Gasteiger partial charge in [0.05, 0.1) is 10.9 Å². The van der Waals surface area contributed by atoms with E-state index in [1.54, 1.807) is 11.9 Å². The van der Waals surface area contributed by atoms with E-state index in [0.717, 1.165) is 10.4 Å². The van der Waals surface area contributed by atoms with Crippen LogP contribution in [0, 0.1) is 0 Å². The van der Waals surface area contributed by atoms with Gasteiger partial charge in [-0.25, -0.2) is 4.68 Å². The van der Waals surface area contributed by atoms with Gasteiger partial charge in [-0.15, -0.1) is 16.4 Å². The molecular formula is C16H16ClN5OS. The average Bonchev–Trinajstić information content (AvgIpc) is 3.25. The molecule has 124 valence electrons. The Kier molecular flexibility index (Phi) is 5.22. The lowest BCUT2D eigenvalue weighted by Crippen LogP contribution is -2.35. The highest BCUT2D eigenvalue weighted by atomic mass is 35.5. The van der Waals surface area contributed by atoms with Crippen LogP contribution in [0.2, 0.25) is 4.34 Å². The fraction of sp³-hybridized carbons (Fsp3) is 0.250. The molecule has 0 aliphatic rings. The Balaban J connectivity index is 1.78. The zero-order valence-electron chi connectivity index (χ0n) is 13.0. The first-order valence-electron chi connectivity index (χ1n) is 7.39. The number of thiophene rings is 1. The predicted molar refractivity (Wildman–Crippen MR) is 92.8 cm³/mol. The lowest BCUT2D eigenvalue weighted by Gasteiger charge is -2.23. The Hall–Kier alpha value is -2.25. The maximum Gasteiger partial charge on any atom is 0.247 e. The van der Waals surface area contributed by atoms with Crippen molar-refractivity contribution in [2.24, 2.45) is 0 Å². The molecule has 3 rings (SSSR count). The summed E-state index contributed by atoms with van der Waals surface area (Å²) in [6, 6.07) is 13.1. The van der Waals surface area contributed by atoms with Crippen molar-refractivity contribution in [2.45, 2.75) is 19.0 Å². The lowest BCUT2D eigenvalue weighted by molar-refractivity contribution is -0.134. The summed E-state index contributed by atoms with van der Waals surface area (Å²) in [6.07, 6.45) is 2.00. The summed E-state index contributed by atoms with van der Waals surface area (Å²) in [7, 11) is 1.78. The molecule has 0 aliphatic heterocycles. The Bertz CT molecular complexity index is 790. The number of hydrogen-bond donors (Lipinski definition) is 0. The number of nitrogens with zero attached hydrogens (tertiary/aromatic N) is 5. The molecule has 1 atom stereocenters. The van der Waals surface area contributed by atoms with Gasteiger partial charge in [0.2, 0.25) is 5.91 Å². The molecule has 0 spiro atoms. The Labute approximate surface area is 148 Å². The first-order chi connectivity index (χ1) is 11.6. The molecule has 3 aromatic rings. The van der Waals surface area contributed by atoms with Gasteiger partial charge in [-0.3, -0.25) is 4.79 Å². The quantitative estimate of drug-likeness (QED) is 0.677. The Morgan fingerprint density at radius 1 is 1.29 bits per heavy atom. The third kappa shape index (κ3) is 3.98. The van der Waals surface area contributed by atoms with Crippen LogP contribution in [0.1, 0.15) is 16.5 Å². The molecular weight excluding hydrogens is 346 g/mol. The molecule has 0 saturated heterocycles. The Morgan fingerprint density at radius 2 is 2.08 bits per heavy atom. The molecule has 0 aliphatic carbocycles. The zero-order valence-corrected chi connectivity index (χ0v) is 14.6. The molecule has 2 heterocycles. The topological polar surface area (TPSA) is 63.9 Å². The number of carbonyl (C=O) groups is 1. The molecule has 1 amide bonds. The fourth-order valence-electron chi connectivity index (χ4n) is 2.45. The predicted octanol–water partition coefficient (Wildman–Crippen LogP) is 2.83. The van der Waals surface area contributed by atoms with Crippen LogP contribution in [0.5, 0.6) is 0 Å². The van der Waals surface area contributed by atoms with E-state index >= 15 is 0 Å². The average molecular weight is 362 g/mol. The van der Waals surface area contributed by atoms with Gasteiger partial charge in [0.15, 0.2) is 0 Å². The largest absolute Gasteiger partial charge is 0.339 e. The molecule has 0 unspecified atom stereocenters. The molecule has 0 bridgehead atoms. The maximum atomic E-state index is 12.9. The van der Waals surface area contributed by atoms with E-state index < -0.39 is 6.04 Å². The van der Waals surface area contributed by atoms with Crippen LogP contribution in [0.3, 0.4) is 0 Å². The van der Waals surface area contributed by atoms with E-state index in [-0.39, 0.29) is 5.91 Å². The van der Waals surface area contributed by atoms with E-state index in [9.17, 15) is 4.79 Å². The van der Waals surface area contributed by atoms with Crippen molar-refractivity contribution in [3.63, 3.8) is 0 Å². The highest BCUT2D eigenvalue weighted by Gasteiger charge is 2.25. The van der Waals surface area contributed by atoms with Crippen LogP contribution in [0.4, 0.5) is 0 Å². The smallest absolute Gasteiger partial charge is 0.247 e. The molecule has 24 heavy (non-hydrogen) atoms. The zero-order chi connectivity index (χ0) is 16.9. The fourth-order valence-corrected chi connectivity index (χ4v) is 3.59. The van der Waals surface area contributed by atoms with Gasteiger partial charge in [0, 0.05) is 18.3 Å². The van der Waals surface area contributed by atoms with Gasteiger partial charge in [-0.1, -0.05) is 41.9 Å². The van der Waals surface area contributed by atoms with Crippen molar-refractivity contribution >= 4 is 28.8 Å². The highest BCUT2D eigenvalue weighted by Crippen LogP contribution is 2.23. The molecule has 8 heteroatoms. The third-order valence-electron chi connectivity index (χ3n) is 3.64. The SMILES string of the molecule is CN(Cc1ccc(Cl)s1)C(=O)[C@H](Cc1ccccc1)n1cnnn1. The first kappa shape index (κ1) is 16.6. The summed E-state index contributed by atoms with van der Waals surface area (Å²) >= 11 is 7.43. The second kappa shape index (κ2) is 7.55. The number of carbonyl (C=O) groups excluding carboxylic acids is 1. The molecule has 1 aromatic carbocycles. The highest BCUT2D eigenvalue weighted by molar-refractivity contribution is 7.16. The monoisotopic (exact) mass is 361 g/mol. The summed E-state index contributed by atoms with van der Waals surface area (Å²) in [5, 5.41) is 11.2. The van der Waals surface area contributed by atoms with Crippen molar-refractivity contribution in [3.8, 4) is 0 Å². The third-order valence-corrected chi connectivity index (χ3v) is 4.86. The van der Waals surface area contributed by atoms with Crippen LogP contribution < -0.4 is 0 Å². The van der Waals surface area contributed by atoms with Crippen molar-refractivity contribution in [1.29, 1.82) is 0 Å². The Morgan fingerprint density at radius 3 is 2.71 bits per heavy atom. The maximum absolute atomic E-state index is 12.9. The van der Waals surface area contributed by atoms with Crippen LogP contribution in [-0.2, 0) is 17.8 Å². The van der Waals surface area contributed by atoms with E-state index in [0.29, 0.717) is 17.3 Å². The van der Waals surface area contributed by atoms with Crippen LogP contribution in [-0.4, -0.2) is 38.1 Å². The van der Waals surface area contributed by atoms with Gasteiger partial charge in [-0.2, -0.15) is 0 Å². The van der Waals surface area contributed by atoms with Gasteiger partial charge in [0.1, 0.15) is 12.4 Å². The number of tetrazole rings is 1. The van der Waals surface area contributed by atoms with Gasteiger partial charge in [-0.05, 0) is 28.1 Å². The summed E-state index contributed by atoms with van der Waals surface area (Å²) < 4.78 is 2.22. The molecule has 0 N–H and O–H groups in total. The minimum atomic E-state index is -0.483. The molecule has 0 radical (unpaired) electrons. The van der Waals surface area contributed by atoms with E-state index in [1.807, 2.05) is 42.5 Å². The summed E-state index contributed by atoms with van der Waals surface area (Å²) in [5.74, 6) is -0.0457. The van der Waals surface area contributed by atoms with E-state index in [1.165, 1.54) is 22.3 Å². The second-order valence-electron chi connectivity index (χ2n) is 5.40. The normalized spacial score (nSPS) is 12.1. The number of aromatic nitrogens is 4. The van der Waals surface area contributed by atoms with Crippen molar-refractivity contribution in [3.05, 3.63) is 63.6 Å². The number of rotatable bonds is 6. The first-order valence-corrected chi connectivity index (χ1v) is 8.58. The van der Waals surface area contributed by atoms with Crippen LogP contribution in [0.25, 0.3) is 0 Å². The lowest BCUT2D eigenvalue weighted by atomic mass is 10.1. The van der Waals surface area contributed by atoms with Gasteiger partial charge >= 0.3 is 0 Å². The minimum Gasteiger partial charge on any atom is -0.339 e. The number of likely N-dealkylation sites (N-methyl/N-ethyl adjacent to an activating group) is 1. The van der Waals surface area contributed by atoms with Crippen LogP contribution >= 0.6 is 22.9 Å². The minimum absolute atomic E-state index is 0.0457. The van der Waals surface area contributed by atoms with Crippen LogP contribution in [0.15, 0.2) is 48.8 Å². The molecule has 6 nitrogen and oxygen atoms in total. The number of hydrogen-bond acceptors (Lipinski definition) is 5. The standard InChI is InChI=1S/C16H16ClN5OS/c1-21(10-13-7-8-15(17)24-13)16(23)14(22-11-18-19-20-22)9-12-5-3-2-4-6-12/h2-8,11,14H,9-10H2,1H3/t14-/m0/s1.